The second-order valence-electron chi connectivity index (χ2n) is 9.70. The van der Waals surface area contributed by atoms with Crippen LogP contribution >= 0.6 is 0 Å². The lowest BCUT2D eigenvalue weighted by atomic mass is 9.77. The summed E-state index contributed by atoms with van der Waals surface area (Å²) >= 11 is 0. The largest absolute Gasteiger partial charge is 0.470 e. The molecule has 13 heteroatoms. The third-order valence-electron chi connectivity index (χ3n) is 7.33. The summed E-state index contributed by atoms with van der Waals surface area (Å²) < 4.78 is 85.2. The average molecular weight is 565 g/mol. The van der Waals surface area contributed by atoms with Crippen molar-refractivity contribution in [3.63, 3.8) is 0 Å². The summed E-state index contributed by atoms with van der Waals surface area (Å²) in [6.45, 7) is 1.19. The number of alkyl halides is 6. The van der Waals surface area contributed by atoms with E-state index in [1.165, 1.54) is 23.5 Å². The summed E-state index contributed by atoms with van der Waals surface area (Å²) in [6, 6.07) is 9.85. The number of rotatable bonds is 3. The van der Waals surface area contributed by atoms with E-state index in [4.69, 9.17) is 4.42 Å². The highest BCUT2D eigenvalue weighted by atomic mass is 19.4. The summed E-state index contributed by atoms with van der Waals surface area (Å²) in [6.07, 6.45) is -7.81. The third-order valence-corrected chi connectivity index (χ3v) is 7.33. The Kier molecular flexibility index (Phi) is 6.42. The molecule has 0 radical (unpaired) electrons. The van der Waals surface area contributed by atoms with Gasteiger partial charge in [-0.2, -0.15) is 26.3 Å². The molecule has 5 rings (SSSR count). The minimum atomic E-state index is -5.11. The molecule has 2 aliphatic heterocycles. The summed E-state index contributed by atoms with van der Waals surface area (Å²) in [5.74, 6) is -2.39. The number of hydrogen-bond acceptors (Lipinski definition) is 4. The monoisotopic (exact) mass is 565 g/mol. The van der Waals surface area contributed by atoms with E-state index in [-0.39, 0.29) is 31.3 Å². The van der Waals surface area contributed by atoms with E-state index in [0.29, 0.717) is 17.8 Å². The summed E-state index contributed by atoms with van der Waals surface area (Å²) in [5.41, 5.74) is -4.85. The fourth-order valence-electron chi connectivity index (χ4n) is 5.40. The van der Waals surface area contributed by atoms with Gasteiger partial charge in [0.05, 0.1) is 23.1 Å². The van der Waals surface area contributed by atoms with E-state index in [1.807, 2.05) is 0 Å². The SMILES string of the molecule is CC1CN(C(=O)c2cc(C(F)(F)F)cc(C(F)(F)F)c2)CCC12C(=O)N(c1ccoc1)C(=O)N2c1ccccc1. The predicted octanol–water partition coefficient (Wildman–Crippen LogP) is 6.21. The van der Waals surface area contributed by atoms with Gasteiger partial charge in [0.25, 0.3) is 11.8 Å². The highest BCUT2D eigenvalue weighted by Crippen LogP contribution is 2.45. The molecule has 7 nitrogen and oxygen atoms in total. The predicted molar refractivity (Wildman–Crippen MR) is 129 cm³/mol. The number of anilines is 2. The van der Waals surface area contributed by atoms with Gasteiger partial charge in [-0.25, -0.2) is 9.69 Å². The number of carbonyl (C=O) groups excluding carboxylic acids is 3. The number of benzene rings is 2. The van der Waals surface area contributed by atoms with Crippen LogP contribution in [-0.2, 0) is 17.1 Å². The number of likely N-dealkylation sites (tertiary alicyclic amines) is 1. The van der Waals surface area contributed by atoms with Crippen molar-refractivity contribution in [1.29, 1.82) is 0 Å². The third kappa shape index (κ3) is 4.38. The van der Waals surface area contributed by atoms with Gasteiger partial charge >= 0.3 is 18.4 Å². The quantitative estimate of drug-likeness (QED) is 0.280. The number of furan rings is 1. The molecule has 210 valence electrons. The first-order valence-electron chi connectivity index (χ1n) is 12.1. The van der Waals surface area contributed by atoms with Gasteiger partial charge in [0, 0.05) is 36.3 Å². The Balaban J connectivity index is 1.51. The van der Waals surface area contributed by atoms with Crippen molar-refractivity contribution >= 4 is 29.2 Å². The molecule has 2 aliphatic rings. The minimum absolute atomic E-state index is 0.0460. The molecule has 2 saturated heterocycles. The number of halogens is 6. The lowest BCUT2D eigenvalue weighted by Crippen LogP contribution is -2.62. The first-order valence-corrected chi connectivity index (χ1v) is 12.1. The van der Waals surface area contributed by atoms with Crippen LogP contribution in [0.4, 0.5) is 42.5 Å². The standard InChI is InChI=1S/C27H21F6N3O4/c1-16-14-34(22(37)17-11-18(26(28,29)30)13-19(12-17)27(31,32)33)9-8-25(16)23(38)35(21-7-10-40-15-21)24(39)36(25)20-5-3-2-4-6-20/h2-7,10-13,15-16H,8-9,14H2,1H3. The van der Waals surface area contributed by atoms with Gasteiger partial charge in [-0.05, 0) is 36.8 Å². The Labute approximate surface area is 223 Å². The number of nitrogens with zero attached hydrogens (tertiary/aromatic N) is 3. The van der Waals surface area contributed by atoms with Crippen molar-refractivity contribution < 1.29 is 45.1 Å². The zero-order valence-electron chi connectivity index (χ0n) is 20.8. The molecule has 0 saturated carbocycles. The van der Waals surface area contributed by atoms with E-state index < -0.39 is 58.3 Å². The van der Waals surface area contributed by atoms with E-state index in [0.717, 1.165) is 9.80 Å². The Morgan fingerprint density at radius 3 is 2.08 bits per heavy atom. The molecule has 2 atom stereocenters. The summed E-state index contributed by atoms with van der Waals surface area (Å²) in [7, 11) is 0. The lowest BCUT2D eigenvalue weighted by molar-refractivity contribution is -0.143. The van der Waals surface area contributed by atoms with E-state index in [2.05, 4.69) is 0 Å². The molecule has 3 aromatic rings. The number of amides is 4. The van der Waals surface area contributed by atoms with Crippen LogP contribution in [0.15, 0.2) is 71.5 Å². The van der Waals surface area contributed by atoms with Crippen LogP contribution in [-0.4, -0.2) is 41.4 Å². The second kappa shape index (κ2) is 9.42. The average Bonchev–Trinajstić information content (AvgIpc) is 3.49. The molecule has 2 aromatic carbocycles. The first-order chi connectivity index (χ1) is 18.7. The van der Waals surface area contributed by atoms with Crippen molar-refractivity contribution in [2.75, 3.05) is 22.9 Å². The molecular weight excluding hydrogens is 544 g/mol. The number of carbonyl (C=O) groups is 3. The van der Waals surface area contributed by atoms with E-state index in [9.17, 15) is 40.7 Å². The number of hydrogen-bond donors (Lipinski definition) is 0. The second-order valence-corrected chi connectivity index (χ2v) is 9.70. The number of imide groups is 1. The number of piperidine rings is 1. The minimum Gasteiger partial charge on any atom is -0.470 e. The topological polar surface area (TPSA) is 74.1 Å². The van der Waals surface area contributed by atoms with Gasteiger partial charge in [-0.15, -0.1) is 0 Å². The zero-order chi connectivity index (χ0) is 29.0. The van der Waals surface area contributed by atoms with Crippen molar-refractivity contribution in [2.45, 2.75) is 31.2 Å². The maximum Gasteiger partial charge on any atom is 0.416 e. The Morgan fingerprint density at radius 2 is 1.55 bits per heavy atom. The van der Waals surface area contributed by atoms with Crippen molar-refractivity contribution in [3.05, 3.63) is 83.8 Å². The Hall–Kier alpha value is -4.29. The Morgan fingerprint density at radius 1 is 0.925 bits per heavy atom. The van der Waals surface area contributed by atoms with E-state index in [1.54, 1.807) is 37.3 Å². The highest BCUT2D eigenvalue weighted by Gasteiger charge is 2.62. The van der Waals surface area contributed by atoms with Crippen LogP contribution in [0.25, 0.3) is 0 Å². The molecule has 1 spiro atoms. The van der Waals surface area contributed by atoms with Gasteiger partial charge in [0.15, 0.2) is 0 Å². The molecule has 40 heavy (non-hydrogen) atoms. The maximum absolute atomic E-state index is 13.9. The van der Waals surface area contributed by atoms with Crippen molar-refractivity contribution in [1.82, 2.24) is 4.90 Å². The highest BCUT2D eigenvalue weighted by molar-refractivity contribution is 6.30. The smallest absolute Gasteiger partial charge is 0.416 e. The van der Waals surface area contributed by atoms with Crippen LogP contribution < -0.4 is 9.80 Å². The van der Waals surface area contributed by atoms with Crippen LogP contribution in [0.5, 0.6) is 0 Å². The van der Waals surface area contributed by atoms with E-state index >= 15 is 0 Å². The fourth-order valence-corrected chi connectivity index (χ4v) is 5.40. The van der Waals surface area contributed by atoms with Gasteiger partial charge in [-0.3, -0.25) is 14.5 Å². The molecule has 2 fully saturated rings. The molecule has 0 bridgehead atoms. The van der Waals surface area contributed by atoms with Crippen molar-refractivity contribution in [2.24, 2.45) is 5.92 Å². The summed E-state index contributed by atoms with van der Waals surface area (Å²) in [4.78, 5) is 44.2. The van der Waals surface area contributed by atoms with Gasteiger partial charge in [-0.1, -0.05) is 25.1 Å². The maximum atomic E-state index is 13.9. The van der Waals surface area contributed by atoms with Crippen LogP contribution in [0.1, 0.15) is 34.8 Å². The molecule has 4 amide bonds. The molecule has 0 N–H and O–H groups in total. The number of urea groups is 1. The number of para-hydroxylation sites is 1. The molecule has 3 heterocycles. The molecule has 0 aliphatic carbocycles. The Bertz CT molecular complexity index is 1420. The van der Waals surface area contributed by atoms with Crippen molar-refractivity contribution in [3.8, 4) is 0 Å². The molecule has 1 aromatic heterocycles. The molecule has 2 unspecified atom stereocenters. The van der Waals surface area contributed by atoms with Crippen LogP contribution in [0.2, 0.25) is 0 Å². The van der Waals surface area contributed by atoms with Gasteiger partial charge in [0.1, 0.15) is 11.8 Å². The van der Waals surface area contributed by atoms with Crippen LogP contribution in [0.3, 0.4) is 0 Å². The van der Waals surface area contributed by atoms with Crippen LogP contribution in [0, 0.1) is 5.92 Å². The fraction of sp³-hybridized carbons (Fsp3) is 0.296. The zero-order valence-corrected chi connectivity index (χ0v) is 20.8. The lowest BCUT2D eigenvalue weighted by Gasteiger charge is -2.46. The molecular formula is C27H21F6N3O4. The summed E-state index contributed by atoms with van der Waals surface area (Å²) in [5, 5.41) is 0. The first kappa shape index (κ1) is 27.3. The van der Waals surface area contributed by atoms with Gasteiger partial charge in [0.2, 0.25) is 0 Å². The normalized spacial score (nSPS) is 22.0. The van der Waals surface area contributed by atoms with Gasteiger partial charge < -0.3 is 9.32 Å².